The van der Waals surface area contributed by atoms with Gasteiger partial charge >= 0.3 is 6.18 Å². The first-order valence-electron chi connectivity index (χ1n) is 6.80. The molecular formula is C13H19F3N4. The minimum atomic E-state index is -4.08. The molecule has 0 unspecified atom stereocenters. The van der Waals surface area contributed by atoms with Crippen molar-refractivity contribution in [3.05, 3.63) is 11.9 Å². The van der Waals surface area contributed by atoms with Crippen LogP contribution in [0.4, 0.5) is 24.8 Å². The Labute approximate surface area is 116 Å². The lowest BCUT2D eigenvalue weighted by Crippen LogP contribution is -2.39. The van der Waals surface area contributed by atoms with Crippen molar-refractivity contribution in [3.8, 4) is 0 Å². The second kappa shape index (κ2) is 5.85. The summed E-state index contributed by atoms with van der Waals surface area (Å²) in [5.41, 5.74) is 0.889. The first kappa shape index (κ1) is 14.9. The molecule has 112 valence electrons. The van der Waals surface area contributed by atoms with E-state index in [2.05, 4.69) is 15.3 Å². The van der Waals surface area contributed by atoms with Gasteiger partial charge in [0.15, 0.2) is 0 Å². The minimum Gasteiger partial charge on any atom is -0.370 e. The number of piperidine rings is 1. The Bertz CT molecular complexity index is 453. The number of halogens is 3. The molecule has 1 aromatic rings. The van der Waals surface area contributed by atoms with Crippen LogP contribution in [-0.2, 0) is 0 Å². The molecule has 7 heteroatoms. The van der Waals surface area contributed by atoms with E-state index in [1.165, 1.54) is 6.33 Å². The summed E-state index contributed by atoms with van der Waals surface area (Å²) >= 11 is 0. The maximum absolute atomic E-state index is 12.7. The van der Waals surface area contributed by atoms with E-state index in [0.717, 1.165) is 23.7 Å². The minimum absolute atomic E-state index is 0.128. The van der Waals surface area contributed by atoms with Crippen molar-refractivity contribution in [1.29, 1.82) is 0 Å². The highest BCUT2D eigenvalue weighted by molar-refractivity contribution is 5.58. The molecule has 1 aromatic heterocycles. The number of hydrogen-bond donors (Lipinski definition) is 1. The van der Waals surface area contributed by atoms with Crippen LogP contribution in [0.15, 0.2) is 6.33 Å². The number of anilines is 2. The van der Waals surface area contributed by atoms with E-state index in [4.69, 9.17) is 0 Å². The zero-order valence-corrected chi connectivity index (χ0v) is 11.7. The lowest BCUT2D eigenvalue weighted by molar-refractivity contribution is -0.179. The summed E-state index contributed by atoms with van der Waals surface area (Å²) in [6.07, 6.45) is -2.37. The number of hydrogen-bond acceptors (Lipinski definition) is 4. The van der Waals surface area contributed by atoms with Crippen LogP contribution in [0.2, 0.25) is 0 Å². The van der Waals surface area contributed by atoms with Crippen LogP contribution in [0, 0.1) is 12.8 Å². The first-order valence-corrected chi connectivity index (χ1v) is 6.80. The summed E-state index contributed by atoms with van der Waals surface area (Å²) in [5, 5.41) is 3.13. The van der Waals surface area contributed by atoms with Gasteiger partial charge in [0.2, 0.25) is 0 Å². The molecule has 1 fully saturated rings. The molecule has 1 saturated heterocycles. The standard InChI is InChI=1S/C13H19F3N4/c1-3-17-11-9(2)12(19-8-18-11)20-6-4-10(5-7-20)13(14,15)16/h8,10H,3-7H2,1-2H3,(H,17,18,19). The topological polar surface area (TPSA) is 41.1 Å². The third kappa shape index (κ3) is 3.13. The summed E-state index contributed by atoms with van der Waals surface area (Å²) in [7, 11) is 0. The van der Waals surface area contributed by atoms with Crippen molar-refractivity contribution < 1.29 is 13.2 Å². The maximum atomic E-state index is 12.7. The fourth-order valence-corrected chi connectivity index (χ4v) is 2.52. The highest BCUT2D eigenvalue weighted by Gasteiger charge is 2.41. The molecule has 0 aliphatic carbocycles. The van der Waals surface area contributed by atoms with Crippen molar-refractivity contribution in [2.24, 2.45) is 5.92 Å². The number of aromatic nitrogens is 2. The van der Waals surface area contributed by atoms with Gasteiger partial charge in [0.1, 0.15) is 18.0 Å². The Kier molecular flexibility index (Phi) is 4.35. The largest absolute Gasteiger partial charge is 0.391 e. The molecule has 0 saturated carbocycles. The molecular weight excluding hydrogens is 269 g/mol. The summed E-state index contributed by atoms with van der Waals surface area (Å²) in [5.74, 6) is 0.293. The molecule has 1 N–H and O–H groups in total. The lowest BCUT2D eigenvalue weighted by atomic mass is 9.96. The number of alkyl halides is 3. The lowest BCUT2D eigenvalue weighted by Gasteiger charge is -2.34. The summed E-state index contributed by atoms with van der Waals surface area (Å²) in [6.45, 7) is 5.37. The van der Waals surface area contributed by atoms with Gasteiger partial charge in [0.05, 0.1) is 5.92 Å². The number of rotatable bonds is 3. The molecule has 0 spiro atoms. The third-order valence-electron chi connectivity index (χ3n) is 3.66. The predicted octanol–water partition coefficient (Wildman–Crippen LogP) is 3.00. The number of nitrogens with one attached hydrogen (secondary N) is 1. The van der Waals surface area contributed by atoms with Crippen molar-refractivity contribution in [2.45, 2.75) is 32.9 Å². The second-order valence-corrected chi connectivity index (χ2v) is 5.00. The molecule has 1 aliphatic rings. The van der Waals surface area contributed by atoms with Gasteiger partial charge in [0, 0.05) is 25.2 Å². The molecule has 0 atom stereocenters. The normalized spacial score (nSPS) is 17.4. The van der Waals surface area contributed by atoms with Gasteiger partial charge in [-0.2, -0.15) is 13.2 Å². The van der Waals surface area contributed by atoms with E-state index in [0.29, 0.717) is 13.1 Å². The Hall–Kier alpha value is -1.53. The zero-order chi connectivity index (χ0) is 14.8. The quantitative estimate of drug-likeness (QED) is 0.928. The van der Waals surface area contributed by atoms with Crippen molar-refractivity contribution in [3.63, 3.8) is 0 Å². The Balaban J connectivity index is 2.09. The van der Waals surface area contributed by atoms with Crippen LogP contribution in [0.1, 0.15) is 25.3 Å². The average Bonchev–Trinajstić information content (AvgIpc) is 2.41. The molecule has 2 heterocycles. The van der Waals surface area contributed by atoms with Crippen molar-refractivity contribution >= 4 is 11.6 Å². The van der Waals surface area contributed by atoms with Crippen LogP contribution in [-0.4, -0.2) is 35.8 Å². The van der Waals surface area contributed by atoms with Gasteiger partial charge in [-0.05, 0) is 26.7 Å². The fourth-order valence-electron chi connectivity index (χ4n) is 2.52. The van der Waals surface area contributed by atoms with E-state index < -0.39 is 12.1 Å². The Morgan fingerprint density at radius 1 is 1.30 bits per heavy atom. The molecule has 2 rings (SSSR count). The first-order chi connectivity index (χ1) is 9.43. The smallest absolute Gasteiger partial charge is 0.370 e. The summed E-state index contributed by atoms with van der Waals surface area (Å²) in [4.78, 5) is 10.3. The van der Waals surface area contributed by atoms with Crippen LogP contribution in [0.5, 0.6) is 0 Å². The van der Waals surface area contributed by atoms with E-state index in [1.807, 2.05) is 18.7 Å². The summed E-state index contributed by atoms with van der Waals surface area (Å²) in [6, 6.07) is 0. The zero-order valence-electron chi connectivity index (χ0n) is 11.7. The van der Waals surface area contributed by atoms with E-state index in [9.17, 15) is 13.2 Å². The fraction of sp³-hybridized carbons (Fsp3) is 0.692. The van der Waals surface area contributed by atoms with Crippen LogP contribution < -0.4 is 10.2 Å². The van der Waals surface area contributed by atoms with Crippen LogP contribution in [0.3, 0.4) is 0 Å². The molecule has 20 heavy (non-hydrogen) atoms. The van der Waals surface area contributed by atoms with E-state index >= 15 is 0 Å². The van der Waals surface area contributed by atoms with Crippen LogP contribution >= 0.6 is 0 Å². The highest BCUT2D eigenvalue weighted by Crippen LogP contribution is 2.35. The molecule has 0 bridgehead atoms. The van der Waals surface area contributed by atoms with Gasteiger partial charge in [-0.3, -0.25) is 0 Å². The molecule has 0 radical (unpaired) electrons. The Morgan fingerprint density at radius 3 is 2.50 bits per heavy atom. The predicted molar refractivity (Wildman–Crippen MR) is 71.9 cm³/mol. The molecule has 1 aliphatic heterocycles. The van der Waals surface area contributed by atoms with Gasteiger partial charge in [0.25, 0.3) is 0 Å². The monoisotopic (exact) mass is 288 g/mol. The molecule has 0 amide bonds. The molecule has 4 nitrogen and oxygen atoms in total. The Morgan fingerprint density at radius 2 is 1.95 bits per heavy atom. The van der Waals surface area contributed by atoms with Crippen molar-refractivity contribution in [2.75, 3.05) is 29.9 Å². The second-order valence-electron chi connectivity index (χ2n) is 5.00. The van der Waals surface area contributed by atoms with E-state index in [1.54, 1.807) is 0 Å². The third-order valence-corrected chi connectivity index (χ3v) is 3.66. The van der Waals surface area contributed by atoms with Crippen LogP contribution in [0.25, 0.3) is 0 Å². The maximum Gasteiger partial charge on any atom is 0.391 e. The van der Waals surface area contributed by atoms with Gasteiger partial charge in [-0.15, -0.1) is 0 Å². The SMILES string of the molecule is CCNc1ncnc(N2CCC(C(F)(F)F)CC2)c1C. The van der Waals surface area contributed by atoms with Gasteiger partial charge in [-0.1, -0.05) is 0 Å². The average molecular weight is 288 g/mol. The van der Waals surface area contributed by atoms with Gasteiger partial charge in [-0.25, -0.2) is 9.97 Å². The summed E-state index contributed by atoms with van der Waals surface area (Å²) < 4.78 is 38.0. The van der Waals surface area contributed by atoms with Gasteiger partial charge < -0.3 is 10.2 Å². The number of nitrogens with zero attached hydrogens (tertiary/aromatic N) is 3. The molecule has 0 aromatic carbocycles. The van der Waals surface area contributed by atoms with Crippen molar-refractivity contribution in [1.82, 2.24) is 9.97 Å². The highest BCUT2D eigenvalue weighted by atomic mass is 19.4. The van der Waals surface area contributed by atoms with E-state index in [-0.39, 0.29) is 12.8 Å².